The van der Waals surface area contributed by atoms with Gasteiger partial charge in [0.05, 0.1) is 10.6 Å². The largest absolute Gasteiger partial charge is 0.480 e. The number of ether oxygens (including phenoxy) is 1. The summed E-state index contributed by atoms with van der Waals surface area (Å²) in [5.74, 6) is 0.0816. The second kappa shape index (κ2) is 6.75. The first-order valence-electron chi connectivity index (χ1n) is 6.53. The molecule has 0 fully saturated rings. The van der Waals surface area contributed by atoms with Crippen molar-refractivity contribution in [1.82, 2.24) is 5.32 Å². The molecule has 1 unspecified atom stereocenters. The van der Waals surface area contributed by atoms with E-state index in [9.17, 15) is 9.59 Å². The molecular weight excluding hydrogens is 278 g/mol. The van der Waals surface area contributed by atoms with Gasteiger partial charge in [-0.25, -0.2) is 0 Å². The van der Waals surface area contributed by atoms with Gasteiger partial charge in [-0.1, -0.05) is 24.6 Å². The molecule has 0 saturated heterocycles. The Balaban J connectivity index is 2.81. The molecule has 0 bridgehead atoms. The van der Waals surface area contributed by atoms with E-state index in [2.05, 4.69) is 5.32 Å². The fourth-order valence-corrected chi connectivity index (χ4v) is 1.71. The average molecular weight is 298 g/mol. The van der Waals surface area contributed by atoms with Gasteiger partial charge in [-0.2, -0.15) is 0 Å². The minimum atomic E-state index is -0.710. The smallest absolute Gasteiger partial charge is 0.261 e. The van der Waals surface area contributed by atoms with Crippen molar-refractivity contribution in [3.63, 3.8) is 0 Å². The van der Waals surface area contributed by atoms with Crippen LogP contribution in [-0.4, -0.2) is 23.8 Å². The van der Waals surface area contributed by atoms with Gasteiger partial charge in [0.1, 0.15) is 5.75 Å². The van der Waals surface area contributed by atoms with E-state index in [-0.39, 0.29) is 17.0 Å². The number of carbonyl (C=O) groups is 2. The average Bonchev–Trinajstić information content (AvgIpc) is 2.38. The Morgan fingerprint density at radius 1 is 1.50 bits per heavy atom. The van der Waals surface area contributed by atoms with Crippen LogP contribution in [0.4, 0.5) is 0 Å². The Bertz CT molecular complexity index is 500. The zero-order valence-corrected chi connectivity index (χ0v) is 13.0. The molecule has 1 atom stereocenters. The number of hydrogen-bond donors (Lipinski definition) is 1. The van der Waals surface area contributed by atoms with Crippen molar-refractivity contribution in [1.29, 1.82) is 0 Å². The monoisotopic (exact) mass is 297 g/mol. The van der Waals surface area contributed by atoms with Gasteiger partial charge < -0.3 is 10.1 Å². The third-order valence-corrected chi connectivity index (χ3v) is 3.48. The summed E-state index contributed by atoms with van der Waals surface area (Å²) in [6, 6.07) is 4.89. The number of aldehydes is 1. The summed E-state index contributed by atoms with van der Waals surface area (Å²) in [5, 5.41) is 3.20. The van der Waals surface area contributed by atoms with Crippen LogP contribution in [0.1, 0.15) is 44.5 Å². The Hall–Kier alpha value is -1.55. The van der Waals surface area contributed by atoms with Crippen molar-refractivity contribution >= 4 is 23.8 Å². The first-order chi connectivity index (χ1) is 9.30. The van der Waals surface area contributed by atoms with E-state index in [1.807, 2.05) is 20.8 Å². The molecule has 0 aliphatic heterocycles. The highest BCUT2D eigenvalue weighted by atomic mass is 35.5. The lowest BCUT2D eigenvalue weighted by molar-refractivity contribution is -0.129. The van der Waals surface area contributed by atoms with Gasteiger partial charge in [0.15, 0.2) is 12.4 Å². The maximum atomic E-state index is 12.0. The SMILES string of the molecule is CCC(C)(C)NC(=O)C(C)Oc1cccc(Cl)c1C=O. The maximum absolute atomic E-state index is 12.0. The summed E-state index contributed by atoms with van der Waals surface area (Å²) in [7, 11) is 0. The summed E-state index contributed by atoms with van der Waals surface area (Å²) in [6.07, 6.45) is 0.721. The lowest BCUT2D eigenvalue weighted by Gasteiger charge is -2.26. The molecule has 20 heavy (non-hydrogen) atoms. The lowest BCUT2D eigenvalue weighted by Crippen LogP contribution is -2.48. The van der Waals surface area contributed by atoms with Crippen molar-refractivity contribution in [3.05, 3.63) is 28.8 Å². The molecule has 0 aromatic heterocycles. The van der Waals surface area contributed by atoms with Gasteiger partial charge in [-0.3, -0.25) is 9.59 Å². The Kier molecular flexibility index (Phi) is 5.57. The van der Waals surface area contributed by atoms with Crippen LogP contribution >= 0.6 is 11.6 Å². The van der Waals surface area contributed by atoms with E-state index in [4.69, 9.17) is 16.3 Å². The summed E-state index contributed by atoms with van der Waals surface area (Å²) < 4.78 is 5.54. The van der Waals surface area contributed by atoms with Crippen LogP contribution in [0.3, 0.4) is 0 Å². The predicted octanol–water partition coefficient (Wildman–Crippen LogP) is 3.22. The minimum Gasteiger partial charge on any atom is -0.480 e. The van der Waals surface area contributed by atoms with E-state index >= 15 is 0 Å². The van der Waals surface area contributed by atoms with Crippen LogP contribution in [0.15, 0.2) is 18.2 Å². The van der Waals surface area contributed by atoms with E-state index < -0.39 is 6.10 Å². The summed E-state index contributed by atoms with van der Waals surface area (Å²) in [4.78, 5) is 23.1. The van der Waals surface area contributed by atoms with Crippen molar-refractivity contribution < 1.29 is 14.3 Å². The van der Waals surface area contributed by atoms with E-state index in [1.165, 1.54) is 0 Å². The fourth-order valence-electron chi connectivity index (χ4n) is 1.50. The number of amides is 1. The third kappa shape index (κ3) is 4.23. The molecule has 1 aromatic rings. The molecule has 0 saturated carbocycles. The lowest BCUT2D eigenvalue weighted by atomic mass is 10.0. The van der Waals surface area contributed by atoms with Crippen molar-refractivity contribution in [2.24, 2.45) is 0 Å². The van der Waals surface area contributed by atoms with Crippen LogP contribution in [0.5, 0.6) is 5.75 Å². The summed E-state index contributed by atoms with van der Waals surface area (Å²) >= 11 is 5.91. The summed E-state index contributed by atoms with van der Waals surface area (Å²) in [6.45, 7) is 7.51. The van der Waals surface area contributed by atoms with Gasteiger partial charge in [0.25, 0.3) is 5.91 Å². The molecule has 1 aromatic carbocycles. The highest BCUT2D eigenvalue weighted by Gasteiger charge is 2.23. The van der Waals surface area contributed by atoms with Crippen molar-refractivity contribution in [2.75, 3.05) is 0 Å². The second-order valence-corrected chi connectivity index (χ2v) is 5.66. The molecule has 5 heteroatoms. The molecule has 0 heterocycles. The number of hydrogen-bond acceptors (Lipinski definition) is 3. The van der Waals surface area contributed by atoms with Crippen LogP contribution in [0.25, 0.3) is 0 Å². The zero-order valence-electron chi connectivity index (χ0n) is 12.2. The van der Waals surface area contributed by atoms with Crippen molar-refractivity contribution in [2.45, 2.75) is 45.8 Å². The minimum absolute atomic E-state index is 0.228. The molecule has 0 aliphatic rings. The fraction of sp³-hybridized carbons (Fsp3) is 0.467. The Labute approximate surface area is 124 Å². The third-order valence-electron chi connectivity index (χ3n) is 3.15. The molecule has 1 rings (SSSR count). The van der Waals surface area contributed by atoms with E-state index in [0.29, 0.717) is 17.1 Å². The van der Waals surface area contributed by atoms with Gasteiger partial charge >= 0.3 is 0 Å². The first-order valence-corrected chi connectivity index (χ1v) is 6.91. The molecule has 1 amide bonds. The number of halogens is 1. The Morgan fingerprint density at radius 2 is 2.15 bits per heavy atom. The number of benzene rings is 1. The van der Waals surface area contributed by atoms with E-state index in [0.717, 1.165) is 6.42 Å². The number of carbonyl (C=O) groups excluding carboxylic acids is 2. The highest BCUT2D eigenvalue weighted by Crippen LogP contribution is 2.25. The molecule has 1 N–H and O–H groups in total. The van der Waals surface area contributed by atoms with Crippen LogP contribution in [-0.2, 0) is 4.79 Å². The first kappa shape index (κ1) is 16.5. The standard InChI is InChI=1S/C15H20ClNO3/c1-5-15(3,4)17-14(19)10(2)20-13-8-6-7-12(16)11(13)9-18/h6-10H,5H2,1-4H3,(H,17,19). The predicted molar refractivity (Wildman–Crippen MR) is 79.4 cm³/mol. The van der Waals surface area contributed by atoms with Gasteiger partial charge in [0.2, 0.25) is 0 Å². The number of nitrogens with one attached hydrogen (secondary N) is 1. The topological polar surface area (TPSA) is 55.4 Å². The normalized spacial score (nSPS) is 12.7. The van der Waals surface area contributed by atoms with Crippen LogP contribution in [0, 0.1) is 0 Å². The molecule has 0 radical (unpaired) electrons. The molecule has 0 spiro atoms. The number of rotatable bonds is 6. The van der Waals surface area contributed by atoms with Crippen molar-refractivity contribution in [3.8, 4) is 5.75 Å². The maximum Gasteiger partial charge on any atom is 0.261 e. The van der Waals surface area contributed by atoms with Crippen LogP contribution < -0.4 is 10.1 Å². The molecular formula is C15H20ClNO3. The molecule has 110 valence electrons. The Morgan fingerprint density at radius 3 is 2.70 bits per heavy atom. The quantitative estimate of drug-likeness (QED) is 0.820. The highest BCUT2D eigenvalue weighted by molar-refractivity contribution is 6.33. The molecule has 4 nitrogen and oxygen atoms in total. The summed E-state index contributed by atoms with van der Waals surface area (Å²) in [5.41, 5.74) is -0.0418. The van der Waals surface area contributed by atoms with Gasteiger partial charge in [-0.05, 0) is 39.3 Å². The van der Waals surface area contributed by atoms with Gasteiger partial charge in [-0.15, -0.1) is 0 Å². The van der Waals surface area contributed by atoms with Crippen LogP contribution in [0.2, 0.25) is 5.02 Å². The van der Waals surface area contributed by atoms with E-state index in [1.54, 1.807) is 25.1 Å². The molecule has 0 aliphatic carbocycles. The van der Waals surface area contributed by atoms with Gasteiger partial charge in [0, 0.05) is 5.54 Å². The second-order valence-electron chi connectivity index (χ2n) is 5.26. The zero-order chi connectivity index (χ0) is 15.3.